The Morgan fingerprint density at radius 1 is 1.36 bits per heavy atom. The zero-order chi connectivity index (χ0) is 19.0. The maximum atomic E-state index is 9.97. The van der Waals surface area contributed by atoms with Crippen LogP contribution in [0.15, 0.2) is 11.3 Å². The van der Waals surface area contributed by atoms with Crippen molar-refractivity contribution in [2.75, 3.05) is 11.9 Å². The van der Waals surface area contributed by atoms with Crippen LogP contribution in [0, 0.1) is 0 Å². The first-order chi connectivity index (χ1) is 11.5. The maximum Gasteiger partial charge on any atom is 0.466 e. The minimum absolute atomic E-state index is 0.0550. The molecule has 15 heteroatoms. The Labute approximate surface area is 145 Å². The van der Waals surface area contributed by atoms with Crippen molar-refractivity contribution in [2.24, 2.45) is 4.99 Å². The second-order valence-corrected chi connectivity index (χ2v) is 6.63. The highest BCUT2D eigenvalue weighted by atomic mass is 35.5. The molecule has 0 amide bonds. The van der Waals surface area contributed by atoms with Crippen molar-refractivity contribution in [3.8, 4) is 0 Å². The van der Waals surface area contributed by atoms with E-state index in [2.05, 4.69) is 15.3 Å². The van der Waals surface area contributed by atoms with Crippen LogP contribution < -0.4 is 5.32 Å². The van der Waals surface area contributed by atoms with Crippen molar-refractivity contribution in [3.63, 3.8) is 0 Å². The molecule has 0 radical (unpaired) electrons. The first-order valence-electron chi connectivity index (χ1n) is 6.65. The average molecular weight is 403 g/mol. The number of nitrogens with one attached hydrogen (secondary N) is 1. The molecule has 2 aliphatic rings. The number of aromatic nitrogens is 2. The molecule has 0 bridgehead atoms. The van der Waals surface area contributed by atoms with Crippen molar-refractivity contribution < 1.29 is 44.4 Å². The van der Waals surface area contributed by atoms with Crippen molar-refractivity contribution in [1.82, 2.24) is 9.55 Å². The summed E-state index contributed by atoms with van der Waals surface area (Å²) >= 11 is 5.79. The van der Waals surface area contributed by atoms with Crippen LogP contribution in [-0.2, 0) is 14.5 Å². The highest BCUT2D eigenvalue weighted by Gasteiger charge is 2.45. The van der Waals surface area contributed by atoms with Gasteiger partial charge in [0, 0.05) is 0 Å². The molecule has 3 rings (SSSR count). The van der Waals surface area contributed by atoms with E-state index in [0.717, 1.165) is 0 Å². The van der Waals surface area contributed by atoms with Gasteiger partial charge in [-0.25, -0.2) is 14.5 Å². The summed E-state index contributed by atoms with van der Waals surface area (Å²) in [6, 6.07) is 0. The first kappa shape index (κ1) is 20.2. The first-order valence-corrected chi connectivity index (χ1v) is 8.59. The van der Waals surface area contributed by atoms with Gasteiger partial charge in [-0.05, 0) is 0 Å². The second-order valence-electron chi connectivity index (χ2n) is 5.08. The maximum absolute atomic E-state index is 9.97. The zero-order valence-electron chi connectivity index (χ0n) is 12.3. The molecule has 1 unspecified atom stereocenters. The SMILES string of the molecule is O=P(O)(O)O.OC[C@H]1O[C@@H](n2cnc3c2NC=NC3(O)Cl)[C@H](O)[C@@H]1O. The predicted octanol–water partition coefficient (Wildman–Crippen LogP) is -2.64. The summed E-state index contributed by atoms with van der Waals surface area (Å²) < 4.78 is 15.6. The van der Waals surface area contributed by atoms with Crippen LogP contribution >= 0.6 is 19.4 Å². The number of fused-ring (bicyclic) bond motifs is 1. The monoisotopic (exact) mass is 402 g/mol. The van der Waals surface area contributed by atoms with E-state index in [1.165, 1.54) is 17.2 Å². The van der Waals surface area contributed by atoms with Crippen LogP contribution in [0.2, 0.25) is 0 Å². The Hall–Kier alpha value is -1.12. The van der Waals surface area contributed by atoms with Crippen LogP contribution in [0.25, 0.3) is 0 Å². The van der Waals surface area contributed by atoms with E-state index >= 15 is 0 Å². The molecule has 3 heterocycles. The normalized spacial score (nSPS) is 34.1. The summed E-state index contributed by atoms with van der Waals surface area (Å²) in [7, 11) is -4.64. The molecule has 1 aromatic rings. The molecule has 8 N–H and O–H groups in total. The van der Waals surface area contributed by atoms with E-state index in [1.54, 1.807) is 0 Å². The molecule has 0 spiro atoms. The Morgan fingerprint density at radius 2 is 1.96 bits per heavy atom. The minimum atomic E-state index is -4.64. The number of imidazole rings is 1. The lowest BCUT2D eigenvalue weighted by molar-refractivity contribution is -0.0519. The van der Waals surface area contributed by atoms with Gasteiger partial charge in [0.25, 0.3) is 5.18 Å². The van der Waals surface area contributed by atoms with Crippen LogP contribution in [0.3, 0.4) is 0 Å². The van der Waals surface area contributed by atoms with E-state index in [0.29, 0.717) is 0 Å². The van der Waals surface area contributed by atoms with Gasteiger partial charge in [0.2, 0.25) is 0 Å². The number of halogens is 1. The molecule has 142 valence electrons. The van der Waals surface area contributed by atoms with Gasteiger partial charge in [-0.1, -0.05) is 11.6 Å². The van der Waals surface area contributed by atoms with Gasteiger partial charge in [-0.2, -0.15) is 0 Å². The fourth-order valence-corrected chi connectivity index (χ4v) is 2.47. The number of phosphoric acid groups is 1. The fraction of sp³-hybridized carbons (Fsp3) is 0.600. The molecule has 0 aromatic carbocycles. The molecule has 13 nitrogen and oxygen atoms in total. The Morgan fingerprint density at radius 3 is 2.48 bits per heavy atom. The summed E-state index contributed by atoms with van der Waals surface area (Å²) in [5.41, 5.74) is 0.0550. The second kappa shape index (κ2) is 7.25. The highest BCUT2D eigenvalue weighted by Crippen LogP contribution is 2.38. The Kier molecular flexibility index (Phi) is 5.85. The Bertz CT molecular complexity index is 684. The third-order valence-corrected chi connectivity index (χ3v) is 3.60. The minimum Gasteiger partial charge on any atom is -0.394 e. The molecule has 25 heavy (non-hydrogen) atoms. The van der Waals surface area contributed by atoms with E-state index in [4.69, 9.17) is 40.7 Å². The molecule has 1 aromatic heterocycles. The average Bonchev–Trinajstić information content (AvgIpc) is 3.01. The van der Waals surface area contributed by atoms with Gasteiger partial charge in [-0.3, -0.25) is 4.57 Å². The number of nitrogens with zero attached hydrogens (tertiary/aromatic N) is 3. The number of rotatable bonds is 2. The number of aliphatic hydroxyl groups excluding tert-OH is 3. The van der Waals surface area contributed by atoms with Gasteiger partial charge in [0.05, 0.1) is 19.3 Å². The van der Waals surface area contributed by atoms with Crippen molar-refractivity contribution in [3.05, 3.63) is 12.0 Å². The standard InChI is InChI=1S/C10H13ClN4O5.H3O4P/c11-10(19)7-8(12-2-14-10)15(3-13-7)9-6(18)5(17)4(1-16)20-9;1-5(2,3)4/h2-6,9,16-19H,1H2,(H,12,14);(H3,1,2,3,4)/t4-,5-,6-,9-,10?;/m1./s1. The van der Waals surface area contributed by atoms with Crippen LogP contribution in [0.4, 0.5) is 5.82 Å². The molecule has 1 fully saturated rings. The van der Waals surface area contributed by atoms with Gasteiger partial charge >= 0.3 is 7.82 Å². The topological polar surface area (TPSA) is 210 Å². The number of ether oxygens (including phenoxy) is 1. The largest absolute Gasteiger partial charge is 0.466 e. The predicted molar refractivity (Wildman–Crippen MR) is 81.4 cm³/mol. The van der Waals surface area contributed by atoms with Crippen LogP contribution in [0.1, 0.15) is 11.9 Å². The van der Waals surface area contributed by atoms with Crippen LogP contribution in [-0.4, -0.2) is 75.9 Å². The molecular weight excluding hydrogens is 387 g/mol. The summed E-state index contributed by atoms with van der Waals surface area (Å²) in [5.74, 6) is 0.285. The third kappa shape index (κ3) is 4.54. The van der Waals surface area contributed by atoms with E-state index in [9.17, 15) is 15.3 Å². The molecule has 5 atom stereocenters. The zero-order valence-corrected chi connectivity index (χ0v) is 13.9. The number of hydrogen-bond donors (Lipinski definition) is 8. The quantitative estimate of drug-likeness (QED) is 0.145. The molecule has 1 saturated heterocycles. The molecule has 2 aliphatic heterocycles. The fourth-order valence-electron chi connectivity index (χ4n) is 2.28. The van der Waals surface area contributed by atoms with Crippen molar-refractivity contribution in [1.29, 1.82) is 0 Å². The lowest BCUT2D eigenvalue weighted by Crippen LogP contribution is -2.33. The number of aliphatic imine (C=N–C) groups is 1. The lowest BCUT2D eigenvalue weighted by Gasteiger charge is -2.23. The third-order valence-electron chi connectivity index (χ3n) is 3.32. The van der Waals surface area contributed by atoms with E-state index in [1.807, 2.05) is 0 Å². The number of hydrogen-bond acceptors (Lipinski definition) is 9. The number of aliphatic hydroxyl groups is 4. The highest BCUT2D eigenvalue weighted by molar-refractivity contribution is 7.45. The lowest BCUT2D eigenvalue weighted by atomic mass is 10.1. The molecule has 0 saturated carbocycles. The summed E-state index contributed by atoms with van der Waals surface area (Å²) in [5, 5.41) is 39.4. The smallest absolute Gasteiger partial charge is 0.394 e. The van der Waals surface area contributed by atoms with Crippen LogP contribution in [0.5, 0.6) is 0 Å². The van der Waals surface area contributed by atoms with Crippen molar-refractivity contribution >= 4 is 31.6 Å². The van der Waals surface area contributed by atoms with Gasteiger partial charge in [-0.15, -0.1) is 0 Å². The number of alkyl halides is 1. The number of anilines is 1. The summed E-state index contributed by atoms with van der Waals surface area (Å²) in [6.07, 6.45) is -1.87. The van der Waals surface area contributed by atoms with Gasteiger partial charge < -0.3 is 45.2 Å². The molecule has 0 aliphatic carbocycles. The van der Waals surface area contributed by atoms with Gasteiger partial charge in [0.15, 0.2) is 11.9 Å². The van der Waals surface area contributed by atoms with E-state index in [-0.39, 0.29) is 11.5 Å². The summed E-state index contributed by atoms with van der Waals surface area (Å²) in [4.78, 5) is 29.1. The van der Waals surface area contributed by atoms with Crippen molar-refractivity contribution in [2.45, 2.75) is 29.7 Å². The molecular formula is C10H16ClN4O9P. The summed E-state index contributed by atoms with van der Waals surface area (Å²) in [6.45, 7) is -0.431. The Balaban J connectivity index is 0.000000399. The van der Waals surface area contributed by atoms with Gasteiger partial charge in [0.1, 0.15) is 24.1 Å². The van der Waals surface area contributed by atoms with E-state index < -0.39 is 44.2 Å².